The fourth-order valence-electron chi connectivity index (χ4n) is 3.28. The summed E-state index contributed by atoms with van der Waals surface area (Å²) in [6.45, 7) is 2.30. The molecule has 1 saturated carbocycles. The highest BCUT2D eigenvalue weighted by Gasteiger charge is 2.20. The predicted octanol–water partition coefficient (Wildman–Crippen LogP) is 6.58. The molecule has 2 aromatic carbocycles. The van der Waals surface area contributed by atoms with Gasteiger partial charge in [-0.25, -0.2) is 8.78 Å². The smallest absolute Gasteiger partial charge is 0.178 e. The van der Waals surface area contributed by atoms with Gasteiger partial charge in [-0.05, 0) is 47.9 Å². The van der Waals surface area contributed by atoms with E-state index in [1.54, 1.807) is 0 Å². The van der Waals surface area contributed by atoms with E-state index >= 15 is 0 Å². The Morgan fingerprint density at radius 1 is 0.864 bits per heavy atom. The summed E-state index contributed by atoms with van der Waals surface area (Å²) in [5.74, 6) is -0.449. The number of halogens is 3. The van der Waals surface area contributed by atoms with Crippen LogP contribution in [0.25, 0.3) is 11.1 Å². The average Bonchev–Trinajstić information content (AvgIpc) is 2.54. The second-order valence-electron chi connectivity index (χ2n) is 6.30. The standard InChI is InChI=1S/C19H19ClF2/c1-12-2-4-13(5-3-12)14-6-8-15(9-7-14)16-10-11-17(20)19(22)18(16)21/h6-13H,2-5H2,1H3. The molecule has 3 heteroatoms. The Hall–Kier alpha value is -1.41. The molecule has 0 spiro atoms. The Morgan fingerprint density at radius 3 is 2.14 bits per heavy atom. The van der Waals surface area contributed by atoms with Gasteiger partial charge in [0.1, 0.15) is 0 Å². The van der Waals surface area contributed by atoms with Crippen molar-refractivity contribution in [3.8, 4) is 11.1 Å². The third kappa shape index (κ3) is 3.03. The first-order valence-corrected chi connectivity index (χ1v) is 8.18. The van der Waals surface area contributed by atoms with Crippen LogP contribution in [0, 0.1) is 17.6 Å². The van der Waals surface area contributed by atoms with E-state index in [0.29, 0.717) is 11.5 Å². The molecule has 2 aromatic rings. The van der Waals surface area contributed by atoms with Crippen LogP contribution in [0.1, 0.15) is 44.1 Å². The Bertz CT molecular complexity index is 656. The lowest BCUT2D eigenvalue weighted by Crippen LogP contribution is -2.10. The Balaban J connectivity index is 1.84. The van der Waals surface area contributed by atoms with Gasteiger partial charge < -0.3 is 0 Å². The highest BCUT2D eigenvalue weighted by atomic mass is 35.5. The van der Waals surface area contributed by atoms with Gasteiger partial charge in [0.15, 0.2) is 11.6 Å². The maximum atomic E-state index is 14.0. The lowest BCUT2D eigenvalue weighted by atomic mass is 9.79. The molecule has 0 heterocycles. The van der Waals surface area contributed by atoms with Crippen LogP contribution >= 0.6 is 11.6 Å². The van der Waals surface area contributed by atoms with Crippen molar-refractivity contribution in [3.63, 3.8) is 0 Å². The lowest BCUT2D eigenvalue weighted by molar-refractivity contribution is 0.348. The van der Waals surface area contributed by atoms with E-state index in [1.165, 1.54) is 43.4 Å². The topological polar surface area (TPSA) is 0 Å². The lowest BCUT2D eigenvalue weighted by Gasteiger charge is -2.26. The minimum absolute atomic E-state index is 0.186. The van der Waals surface area contributed by atoms with Gasteiger partial charge in [-0.15, -0.1) is 0 Å². The van der Waals surface area contributed by atoms with Crippen LogP contribution in [0.15, 0.2) is 36.4 Å². The molecule has 0 unspecified atom stereocenters. The maximum Gasteiger partial charge on any atom is 0.178 e. The maximum absolute atomic E-state index is 14.0. The fourth-order valence-corrected chi connectivity index (χ4v) is 3.42. The largest absolute Gasteiger partial charge is 0.203 e. The van der Waals surface area contributed by atoms with E-state index < -0.39 is 11.6 Å². The number of rotatable bonds is 2. The van der Waals surface area contributed by atoms with Crippen molar-refractivity contribution in [3.05, 3.63) is 58.6 Å². The molecule has 22 heavy (non-hydrogen) atoms. The minimum Gasteiger partial charge on any atom is -0.203 e. The Morgan fingerprint density at radius 2 is 1.50 bits per heavy atom. The zero-order valence-electron chi connectivity index (χ0n) is 12.6. The van der Waals surface area contributed by atoms with Crippen LogP contribution in [0.2, 0.25) is 5.02 Å². The third-order valence-electron chi connectivity index (χ3n) is 4.74. The molecule has 116 valence electrons. The summed E-state index contributed by atoms with van der Waals surface area (Å²) in [5.41, 5.74) is 2.23. The monoisotopic (exact) mass is 320 g/mol. The quantitative estimate of drug-likeness (QED) is 0.548. The first kappa shape index (κ1) is 15.5. The molecule has 0 bridgehead atoms. The molecule has 0 aliphatic heterocycles. The van der Waals surface area contributed by atoms with Gasteiger partial charge in [0, 0.05) is 5.56 Å². The summed E-state index contributed by atoms with van der Waals surface area (Å²) < 4.78 is 27.6. The van der Waals surface area contributed by atoms with Crippen LogP contribution in [0.3, 0.4) is 0 Å². The van der Waals surface area contributed by atoms with Gasteiger partial charge in [-0.3, -0.25) is 0 Å². The van der Waals surface area contributed by atoms with Crippen LogP contribution in [0.4, 0.5) is 8.78 Å². The summed E-state index contributed by atoms with van der Waals surface area (Å²) in [5, 5.41) is -0.186. The number of hydrogen-bond acceptors (Lipinski definition) is 0. The predicted molar refractivity (Wildman–Crippen MR) is 87.2 cm³/mol. The van der Waals surface area contributed by atoms with Crippen molar-refractivity contribution >= 4 is 11.6 Å². The van der Waals surface area contributed by atoms with Crippen LogP contribution in [-0.4, -0.2) is 0 Å². The first-order chi connectivity index (χ1) is 10.6. The molecule has 0 atom stereocenters. The normalized spacial score (nSPS) is 21.8. The zero-order chi connectivity index (χ0) is 15.7. The molecule has 1 aliphatic carbocycles. The Kier molecular flexibility index (Phi) is 4.49. The third-order valence-corrected chi connectivity index (χ3v) is 5.04. The van der Waals surface area contributed by atoms with Crippen molar-refractivity contribution in [2.24, 2.45) is 5.92 Å². The van der Waals surface area contributed by atoms with Crippen LogP contribution in [0.5, 0.6) is 0 Å². The van der Waals surface area contributed by atoms with E-state index in [-0.39, 0.29) is 10.6 Å². The van der Waals surface area contributed by atoms with Crippen molar-refractivity contribution in [1.29, 1.82) is 0 Å². The molecule has 0 saturated heterocycles. The van der Waals surface area contributed by atoms with Crippen molar-refractivity contribution in [1.82, 2.24) is 0 Å². The molecule has 0 radical (unpaired) electrons. The van der Waals surface area contributed by atoms with Crippen molar-refractivity contribution < 1.29 is 8.78 Å². The van der Waals surface area contributed by atoms with Crippen LogP contribution in [-0.2, 0) is 0 Å². The number of hydrogen-bond donors (Lipinski definition) is 0. The summed E-state index contributed by atoms with van der Waals surface area (Å²) in [6.07, 6.45) is 4.96. The molecule has 0 amide bonds. The molecule has 1 fully saturated rings. The van der Waals surface area contributed by atoms with Crippen molar-refractivity contribution in [2.45, 2.75) is 38.5 Å². The SMILES string of the molecule is CC1CCC(c2ccc(-c3ccc(Cl)c(F)c3F)cc2)CC1. The van der Waals surface area contributed by atoms with Crippen LogP contribution < -0.4 is 0 Å². The molecule has 0 aromatic heterocycles. The molecule has 3 rings (SSSR count). The van der Waals surface area contributed by atoms with E-state index in [2.05, 4.69) is 6.92 Å². The Labute approximate surface area is 135 Å². The van der Waals surface area contributed by atoms with E-state index in [4.69, 9.17) is 11.6 Å². The average molecular weight is 321 g/mol. The summed E-state index contributed by atoms with van der Waals surface area (Å²) in [4.78, 5) is 0. The van der Waals surface area contributed by atoms with Gasteiger partial charge in [0.2, 0.25) is 0 Å². The molecule has 1 aliphatic rings. The molecule has 0 nitrogen and oxygen atoms in total. The number of benzene rings is 2. The highest BCUT2D eigenvalue weighted by molar-refractivity contribution is 6.30. The second kappa shape index (κ2) is 6.37. The van der Waals surface area contributed by atoms with E-state index in [0.717, 1.165) is 5.92 Å². The van der Waals surface area contributed by atoms with Gasteiger partial charge in [0.25, 0.3) is 0 Å². The zero-order valence-corrected chi connectivity index (χ0v) is 13.3. The van der Waals surface area contributed by atoms with E-state index in [9.17, 15) is 8.78 Å². The van der Waals surface area contributed by atoms with Gasteiger partial charge in [0.05, 0.1) is 5.02 Å². The minimum atomic E-state index is -0.982. The first-order valence-electron chi connectivity index (χ1n) is 7.80. The highest BCUT2D eigenvalue weighted by Crippen LogP contribution is 2.36. The second-order valence-corrected chi connectivity index (χ2v) is 6.71. The van der Waals surface area contributed by atoms with E-state index in [1.807, 2.05) is 24.3 Å². The van der Waals surface area contributed by atoms with Gasteiger partial charge >= 0.3 is 0 Å². The summed E-state index contributed by atoms with van der Waals surface area (Å²) >= 11 is 5.60. The molecular formula is C19H19ClF2. The van der Waals surface area contributed by atoms with Gasteiger partial charge in [-0.2, -0.15) is 0 Å². The summed E-state index contributed by atoms with van der Waals surface area (Å²) in [7, 11) is 0. The molecule has 0 N–H and O–H groups in total. The molecular weight excluding hydrogens is 302 g/mol. The van der Waals surface area contributed by atoms with Gasteiger partial charge in [-0.1, -0.05) is 55.6 Å². The summed E-state index contributed by atoms with van der Waals surface area (Å²) in [6, 6.07) is 10.8. The fraction of sp³-hybridized carbons (Fsp3) is 0.368. The van der Waals surface area contributed by atoms with Crippen molar-refractivity contribution in [2.75, 3.05) is 0 Å².